The second-order valence-corrected chi connectivity index (χ2v) is 4.40. The number of nitro groups is 1. The van der Waals surface area contributed by atoms with Crippen molar-refractivity contribution in [3.8, 4) is 0 Å². The van der Waals surface area contributed by atoms with Crippen molar-refractivity contribution < 1.29 is 9.72 Å². The maximum atomic E-state index is 11.6. The maximum absolute atomic E-state index is 11.6. The molecule has 1 rings (SSSR count). The molecule has 0 heterocycles. The summed E-state index contributed by atoms with van der Waals surface area (Å²) in [6, 6.07) is 4.48. The minimum atomic E-state index is -0.549. The number of ketones is 1. The van der Waals surface area contributed by atoms with Crippen LogP contribution in [-0.4, -0.2) is 16.0 Å². The van der Waals surface area contributed by atoms with Crippen molar-refractivity contribution in [1.29, 1.82) is 0 Å². The van der Waals surface area contributed by atoms with Gasteiger partial charge in [0.15, 0.2) is 5.78 Å². The summed E-state index contributed by atoms with van der Waals surface area (Å²) in [5, 5.41) is 11.2. The van der Waals surface area contributed by atoms with Crippen LogP contribution in [0, 0.1) is 10.1 Å². The molecule has 0 saturated carbocycles. The van der Waals surface area contributed by atoms with Crippen LogP contribution in [0.25, 0.3) is 0 Å². The molecule has 0 amide bonds. The van der Waals surface area contributed by atoms with Gasteiger partial charge in [0.1, 0.15) is 5.56 Å². The summed E-state index contributed by atoms with van der Waals surface area (Å²) in [6.45, 7) is 0. The molecule has 80 valence electrons. The van der Waals surface area contributed by atoms with Gasteiger partial charge in [-0.15, -0.1) is 0 Å². The van der Waals surface area contributed by atoms with Crippen LogP contribution >= 0.6 is 31.9 Å². The van der Waals surface area contributed by atoms with Gasteiger partial charge in [-0.05, 0) is 22.0 Å². The summed E-state index contributed by atoms with van der Waals surface area (Å²) in [5.74, 6) is -0.244. The van der Waals surface area contributed by atoms with Crippen LogP contribution in [0.15, 0.2) is 22.7 Å². The highest BCUT2D eigenvalue weighted by molar-refractivity contribution is 9.10. The molecule has 0 aliphatic heterocycles. The Balaban J connectivity index is 3.24. The zero-order chi connectivity index (χ0) is 11.4. The van der Waals surface area contributed by atoms with Crippen molar-refractivity contribution in [2.45, 2.75) is 6.42 Å². The fourth-order valence-electron chi connectivity index (χ4n) is 1.15. The Kier molecular flexibility index (Phi) is 4.41. The lowest BCUT2D eigenvalue weighted by Crippen LogP contribution is -2.05. The Morgan fingerprint density at radius 3 is 2.67 bits per heavy atom. The molecule has 0 aliphatic rings. The van der Waals surface area contributed by atoms with E-state index in [-0.39, 0.29) is 23.5 Å². The van der Waals surface area contributed by atoms with Crippen LogP contribution in [0.5, 0.6) is 0 Å². The Hall–Kier alpha value is -0.750. The summed E-state index contributed by atoms with van der Waals surface area (Å²) in [4.78, 5) is 21.8. The van der Waals surface area contributed by atoms with Gasteiger partial charge in [0.05, 0.1) is 4.92 Å². The molecule has 0 N–H and O–H groups in total. The molecule has 0 fully saturated rings. The number of nitrogens with zero attached hydrogens (tertiary/aromatic N) is 1. The van der Waals surface area contributed by atoms with E-state index in [1.54, 1.807) is 6.07 Å². The fourth-order valence-corrected chi connectivity index (χ4v) is 2.09. The predicted octanol–water partition coefficient (Wildman–Crippen LogP) is 3.33. The Labute approximate surface area is 103 Å². The molecule has 1 aromatic carbocycles. The molecule has 1 aromatic rings. The molecule has 4 nitrogen and oxygen atoms in total. The highest BCUT2D eigenvalue weighted by atomic mass is 79.9. The largest absolute Gasteiger partial charge is 0.294 e. The van der Waals surface area contributed by atoms with Gasteiger partial charge in [-0.2, -0.15) is 0 Å². The van der Waals surface area contributed by atoms with E-state index in [1.807, 2.05) is 0 Å². The average Bonchev–Trinajstić information content (AvgIpc) is 2.17. The monoisotopic (exact) mass is 335 g/mol. The van der Waals surface area contributed by atoms with Crippen LogP contribution in [0.3, 0.4) is 0 Å². The van der Waals surface area contributed by atoms with E-state index >= 15 is 0 Å². The Morgan fingerprint density at radius 1 is 1.47 bits per heavy atom. The summed E-state index contributed by atoms with van der Waals surface area (Å²) >= 11 is 6.27. The summed E-state index contributed by atoms with van der Waals surface area (Å²) in [6.07, 6.45) is 0.240. The van der Waals surface area contributed by atoms with E-state index < -0.39 is 4.92 Å². The molecule has 0 atom stereocenters. The molecule has 0 aliphatic carbocycles. The van der Waals surface area contributed by atoms with E-state index in [9.17, 15) is 14.9 Å². The lowest BCUT2D eigenvalue weighted by Gasteiger charge is -2.03. The Bertz CT molecular complexity index is 406. The number of carbonyl (C=O) groups is 1. The zero-order valence-corrected chi connectivity index (χ0v) is 10.7. The standard InChI is InChI=1S/C9H7Br2NO3/c10-5-4-8(13)9-6(11)2-1-3-7(9)12(14)15/h1-3H,4-5H2. The van der Waals surface area contributed by atoms with Crippen LogP contribution in [0.2, 0.25) is 0 Å². The van der Waals surface area contributed by atoms with Crippen LogP contribution in [-0.2, 0) is 0 Å². The lowest BCUT2D eigenvalue weighted by atomic mass is 10.1. The summed E-state index contributed by atoms with van der Waals surface area (Å²) in [7, 11) is 0. The van der Waals surface area contributed by atoms with Gasteiger partial charge in [-0.3, -0.25) is 14.9 Å². The van der Waals surface area contributed by atoms with Gasteiger partial charge in [0.2, 0.25) is 0 Å². The molecule has 0 saturated heterocycles. The van der Waals surface area contributed by atoms with E-state index in [4.69, 9.17) is 0 Å². The number of hydrogen-bond donors (Lipinski definition) is 0. The first-order valence-electron chi connectivity index (χ1n) is 4.10. The van der Waals surface area contributed by atoms with Crippen molar-refractivity contribution in [2.75, 3.05) is 5.33 Å². The number of hydrogen-bond acceptors (Lipinski definition) is 3. The van der Waals surface area contributed by atoms with E-state index in [1.165, 1.54) is 12.1 Å². The molecule has 0 spiro atoms. The highest BCUT2D eigenvalue weighted by Crippen LogP contribution is 2.27. The Morgan fingerprint density at radius 2 is 2.13 bits per heavy atom. The third-order valence-electron chi connectivity index (χ3n) is 1.79. The van der Waals surface area contributed by atoms with Crippen molar-refractivity contribution in [3.63, 3.8) is 0 Å². The number of halogens is 2. The molecule has 6 heteroatoms. The normalized spacial score (nSPS) is 10.0. The fraction of sp³-hybridized carbons (Fsp3) is 0.222. The van der Waals surface area contributed by atoms with Crippen molar-refractivity contribution >= 4 is 43.3 Å². The number of benzene rings is 1. The second kappa shape index (κ2) is 5.37. The number of nitro benzene ring substituents is 1. The van der Waals surface area contributed by atoms with Crippen LogP contribution in [0.4, 0.5) is 5.69 Å². The summed E-state index contributed by atoms with van der Waals surface area (Å²) in [5.41, 5.74) is -0.0164. The first-order valence-corrected chi connectivity index (χ1v) is 6.01. The second-order valence-electron chi connectivity index (χ2n) is 2.75. The highest BCUT2D eigenvalue weighted by Gasteiger charge is 2.21. The molecular weight excluding hydrogens is 330 g/mol. The van der Waals surface area contributed by atoms with Gasteiger partial charge in [0, 0.05) is 22.3 Å². The van der Waals surface area contributed by atoms with Crippen molar-refractivity contribution in [3.05, 3.63) is 38.3 Å². The molecular formula is C9H7Br2NO3. The first-order chi connectivity index (χ1) is 7.07. The van der Waals surface area contributed by atoms with Crippen molar-refractivity contribution in [1.82, 2.24) is 0 Å². The third kappa shape index (κ3) is 2.85. The first kappa shape index (κ1) is 12.3. The smallest absolute Gasteiger partial charge is 0.281 e. The molecule has 0 radical (unpaired) electrons. The van der Waals surface area contributed by atoms with E-state index in [0.29, 0.717) is 9.80 Å². The van der Waals surface area contributed by atoms with Gasteiger partial charge in [-0.25, -0.2) is 0 Å². The van der Waals surface area contributed by atoms with Crippen LogP contribution in [0.1, 0.15) is 16.8 Å². The third-order valence-corrected chi connectivity index (χ3v) is 2.85. The lowest BCUT2D eigenvalue weighted by molar-refractivity contribution is -0.385. The number of carbonyl (C=O) groups excluding carboxylic acids is 1. The van der Waals surface area contributed by atoms with Crippen molar-refractivity contribution in [2.24, 2.45) is 0 Å². The maximum Gasteiger partial charge on any atom is 0.281 e. The van der Waals surface area contributed by atoms with Gasteiger partial charge >= 0.3 is 0 Å². The number of rotatable bonds is 4. The van der Waals surface area contributed by atoms with E-state index in [0.717, 1.165) is 0 Å². The minimum absolute atomic E-state index is 0.141. The minimum Gasteiger partial charge on any atom is -0.294 e. The van der Waals surface area contributed by atoms with Crippen LogP contribution < -0.4 is 0 Å². The average molecular weight is 337 g/mol. The summed E-state index contributed by atoms with van der Waals surface area (Å²) < 4.78 is 0.461. The zero-order valence-electron chi connectivity index (χ0n) is 7.57. The molecule has 0 aromatic heterocycles. The number of alkyl halides is 1. The molecule has 0 bridgehead atoms. The molecule has 0 unspecified atom stereocenters. The van der Waals surface area contributed by atoms with Gasteiger partial charge in [0.25, 0.3) is 5.69 Å². The SMILES string of the molecule is O=C(CCBr)c1c(Br)cccc1[N+](=O)[O-]. The predicted molar refractivity (Wildman–Crippen MR) is 63.5 cm³/mol. The number of Topliss-reactive ketones (excluding diaryl/α,β-unsaturated/α-hetero) is 1. The quantitative estimate of drug-likeness (QED) is 0.367. The van der Waals surface area contributed by atoms with Gasteiger partial charge < -0.3 is 0 Å². The topological polar surface area (TPSA) is 60.2 Å². The van der Waals surface area contributed by atoms with Gasteiger partial charge in [-0.1, -0.05) is 22.0 Å². The van der Waals surface area contributed by atoms with E-state index in [2.05, 4.69) is 31.9 Å². The molecule has 15 heavy (non-hydrogen) atoms.